The molecule has 0 saturated carbocycles. The Hall–Kier alpha value is -0.640. The second-order valence-electron chi connectivity index (χ2n) is 3.20. The van der Waals surface area contributed by atoms with Gasteiger partial charge in [0.05, 0.1) is 10.5 Å². The van der Waals surface area contributed by atoms with Crippen molar-refractivity contribution in [2.24, 2.45) is 7.05 Å². The van der Waals surface area contributed by atoms with Gasteiger partial charge in [-0.3, -0.25) is 9.48 Å². The van der Waals surface area contributed by atoms with Crippen molar-refractivity contribution in [3.05, 3.63) is 17.5 Å². The fraction of sp³-hybridized carbons (Fsp3) is 0.556. The van der Waals surface area contributed by atoms with E-state index in [0.29, 0.717) is 0 Å². The summed E-state index contributed by atoms with van der Waals surface area (Å²) in [6, 6.07) is 0. The van der Waals surface area contributed by atoms with E-state index in [1.807, 2.05) is 20.2 Å². The maximum absolute atomic E-state index is 11.0. The van der Waals surface area contributed by atoms with Gasteiger partial charge in [-0.15, -0.1) is 0 Å². The minimum Gasteiger partial charge on any atom is -0.299 e. The summed E-state index contributed by atoms with van der Waals surface area (Å²) in [5, 5.41) is 4.21. The van der Waals surface area contributed by atoms with Crippen LogP contribution in [0.3, 0.4) is 0 Å². The largest absolute Gasteiger partial charge is 0.299 e. The van der Waals surface area contributed by atoms with Gasteiger partial charge in [0.1, 0.15) is 5.78 Å². The lowest BCUT2D eigenvalue weighted by atomic mass is 10.1. The number of nitrogens with zero attached hydrogens (tertiary/aromatic N) is 2. The third-order valence-electron chi connectivity index (χ3n) is 1.96. The maximum Gasteiger partial charge on any atom is 0.143 e. The first-order valence-electron chi connectivity index (χ1n) is 4.14. The van der Waals surface area contributed by atoms with Crippen LogP contribution in [0, 0.1) is 6.92 Å². The van der Waals surface area contributed by atoms with Gasteiger partial charge < -0.3 is 0 Å². The lowest BCUT2D eigenvalue weighted by Crippen LogP contribution is -2.12. The van der Waals surface area contributed by atoms with Gasteiger partial charge in [0.15, 0.2) is 0 Å². The van der Waals surface area contributed by atoms with Crippen LogP contribution >= 0.6 is 15.9 Å². The number of carbonyl (C=O) groups excluding carboxylic acids is 1. The van der Waals surface area contributed by atoms with Crippen LogP contribution in [-0.2, 0) is 18.3 Å². The van der Waals surface area contributed by atoms with E-state index < -0.39 is 0 Å². The molecule has 0 aliphatic rings. The Kier molecular flexibility index (Phi) is 3.25. The molecule has 3 nitrogen and oxygen atoms in total. The predicted molar refractivity (Wildman–Crippen MR) is 55.0 cm³/mol. The Morgan fingerprint density at radius 1 is 1.77 bits per heavy atom. The quantitative estimate of drug-likeness (QED) is 0.758. The molecule has 13 heavy (non-hydrogen) atoms. The second-order valence-corrected chi connectivity index (χ2v) is 4.30. The van der Waals surface area contributed by atoms with Crippen molar-refractivity contribution >= 4 is 21.7 Å². The van der Waals surface area contributed by atoms with Crippen molar-refractivity contribution < 1.29 is 4.79 Å². The lowest BCUT2D eigenvalue weighted by Gasteiger charge is -2.03. The molecule has 1 aromatic heterocycles. The Labute approximate surface area is 86.3 Å². The first-order valence-corrected chi connectivity index (χ1v) is 5.06. The summed E-state index contributed by atoms with van der Waals surface area (Å²) in [6.07, 6.45) is 2.67. The summed E-state index contributed by atoms with van der Waals surface area (Å²) in [5.41, 5.74) is 2.12. The second kappa shape index (κ2) is 4.05. The van der Waals surface area contributed by atoms with Gasteiger partial charge in [0.25, 0.3) is 0 Å². The predicted octanol–water partition coefficient (Wildman–Crippen LogP) is 1.62. The van der Waals surface area contributed by atoms with Crippen molar-refractivity contribution in [1.82, 2.24) is 9.78 Å². The first kappa shape index (κ1) is 10.4. The molecule has 1 unspecified atom stereocenters. The highest BCUT2D eigenvalue weighted by atomic mass is 79.9. The monoisotopic (exact) mass is 244 g/mol. The van der Waals surface area contributed by atoms with Crippen LogP contribution < -0.4 is 0 Å². The molecule has 0 amide bonds. The molecule has 0 N–H and O–H groups in total. The lowest BCUT2D eigenvalue weighted by molar-refractivity contribution is -0.116. The number of alkyl halides is 1. The molecule has 0 aromatic carbocycles. The smallest absolute Gasteiger partial charge is 0.143 e. The Balaban J connectivity index is 2.74. The van der Waals surface area contributed by atoms with Gasteiger partial charge in [-0.1, -0.05) is 15.9 Å². The van der Waals surface area contributed by atoms with Crippen LogP contribution in [0.25, 0.3) is 0 Å². The summed E-state index contributed by atoms with van der Waals surface area (Å²) in [5.74, 6) is 0.156. The molecule has 0 bridgehead atoms. The number of hydrogen-bond acceptors (Lipinski definition) is 2. The minimum absolute atomic E-state index is 0.0876. The van der Waals surface area contributed by atoms with Gasteiger partial charge in [-0.2, -0.15) is 5.10 Å². The molecule has 0 fully saturated rings. The van der Waals surface area contributed by atoms with E-state index >= 15 is 0 Å². The highest BCUT2D eigenvalue weighted by molar-refractivity contribution is 9.10. The molecule has 1 rings (SSSR count). The van der Waals surface area contributed by atoms with Gasteiger partial charge in [0, 0.05) is 13.2 Å². The van der Waals surface area contributed by atoms with Crippen LogP contribution in [0.5, 0.6) is 0 Å². The number of halogens is 1. The molecule has 4 heteroatoms. The summed E-state index contributed by atoms with van der Waals surface area (Å²) in [7, 11) is 1.88. The zero-order chi connectivity index (χ0) is 10.0. The van der Waals surface area contributed by atoms with Crippen LogP contribution in [0.2, 0.25) is 0 Å². The van der Waals surface area contributed by atoms with Crippen molar-refractivity contribution in [3.8, 4) is 0 Å². The van der Waals surface area contributed by atoms with Gasteiger partial charge in [0.2, 0.25) is 0 Å². The SMILES string of the molecule is CC(=O)C(Br)Cc1cn(C)nc1C. The third kappa shape index (κ3) is 2.66. The van der Waals surface area contributed by atoms with Crippen molar-refractivity contribution in [3.63, 3.8) is 0 Å². The van der Waals surface area contributed by atoms with Crippen LogP contribution in [-0.4, -0.2) is 20.4 Å². The Bertz CT molecular complexity index is 319. The molecule has 0 saturated heterocycles. The van der Waals surface area contributed by atoms with E-state index in [0.717, 1.165) is 17.7 Å². The number of hydrogen-bond donors (Lipinski definition) is 0. The number of aryl methyl sites for hydroxylation is 2. The van der Waals surface area contributed by atoms with Crippen molar-refractivity contribution in [2.75, 3.05) is 0 Å². The van der Waals surface area contributed by atoms with Crippen LogP contribution in [0.1, 0.15) is 18.2 Å². The molecule has 0 radical (unpaired) electrons. The van der Waals surface area contributed by atoms with E-state index in [-0.39, 0.29) is 10.6 Å². The van der Waals surface area contributed by atoms with E-state index in [4.69, 9.17) is 0 Å². The summed E-state index contributed by atoms with van der Waals surface area (Å²) >= 11 is 3.34. The highest BCUT2D eigenvalue weighted by Gasteiger charge is 2.13. The average Bonchev–Trinajstić information content (AvgIpc) is 2.30. The molecule has 0 aliphatic carbocycles. The van der Waals surface area contributed by atoms with Gasteiger partial charge in [-0.25, -0.2) is 0 Å². The number of Topliss-reactive ketones (excluding diaryl/α,β-unsaturated/α-hetero) is 1. The topological polar surface area (TPSA) is 34.9 Å². The highest BCUT2D eigenvalue weighted by Crippen LogP contribution is 2.13. The average molecular weight is 245 g/mol. The molecule has 0 aliphatic heterocycles. The zero-order valence-electron chi connectivity index (χ0n) is 8.04. The van der Waals surface area contributed by atoms with Crippen molar-refractivity contribution in [2.45, 2.75) is 25.1 Å². The number of ketones is 1. The molecule has 72 valence electrons. The molecule has 0 spiro atoms. The van der Waals surface area contributed by atoms with E-state index in [1.165, 1.54) is 0 Å². The maximum atomic E-state index is 11.0. The van der Waals surface area contributed by atoms with Gasteiger partial charge in [-0.05, 0) is 25.8 Å². The zero-order valence-corrected chi connectivity index (χ0v) is 9.63. The third-order valence-corrected chi connectivity index (χ3v) is 2.92. The number of rotatable bonds is 3. The fourth-order valence-corrected chi connectivity index (χ4v) is 1.53. The van der Waals surface area contributed by atoms with E-state index in [2.05, 4.69) is 21.0 Å². The summed E-state index contributed by atoms with van der Waals surface area (Å²) < 4.78 is 1.77. The van der Waals surface area contributed by atoms with E-state index in [9.17, 15) is 4.79 Å². The minimum atomic E-state index is -0.0876. The van der Waals surface area contributed by atoms with Crippen LogP contribution in [0.15, 0.2) is 6.20 Å². The van der Waals surface area contributed by atoms with E-state index in [1.54, 1.807) is 11.6 Å². The summed E-state index contributed by atoms with van der Waals surface area (Å²) in [6.45, 7) is 3.54. The molecule has 1 atom stereocenters. The molecule has 1 heterocycles. The number of aromatic nitrogens is 2. The number of carbonyl (C=O) groups is 1. The van der Waals surface area contributed by atoms with Gasteiger partial charge >= 0.3 is 0 Å². The fourth-order valence-electron chi connectivity index (χ4n) is 1.19. The molecular formula is C9H13BrN2O. The van der Waals surface area contributed by atoms with Crippen molar-refractivity contribution in [1.29, 1.82) is 0 Å². The first-order chi connectivity index (χ1) is 6.00. The Morgan fingerprint density at radius 2 is 2.38 bits per heavy atom. The normalized spacial score (nSPS) is 12.9. The van der Waals surface area contributed by atoms with Crippen LogP contribution in [0.4, 0.5) is 0 Å². The molecule has 1 aromatic rings. The Morgan fingerprint density at radius 3 is 2.77 bits per heavy atom. The standard InChI is InChI=1S/C9H13BrN2O/c1-6-8(5-12(3)11-6)4-9(10)7(2)13/h5,9H,4H2,1-3H3. The molecular weight excluding hydrogens is 232 g/mol. The summed E-state index contributed by atoms with van der Waals surface area (Å²) in [4.78, 5) is 10.9.